The minimum absolute atomic E-state index is 0.0624. The molecule has 6 heteroatoms. The highest BCUT2D eigenvalue weighted by Crippen LogP contribution is 2.25. The first kappa shape index (κ1) is 22.9. The van der Waals surface area contributed by atoms with Crippen LogP contribution in [0.4, 0.5) is 5.69 Å². The van der Waals surface area contributed by atoms with Gasteiger partial charge in [-0.05, 0) is 48.9 Å². The van der Waals surface area contributed by atoms with Crippen molar-refractivity contribution < 1.29 is 13.2 Å². The van der Waals surface area contributed by atoms with E-state index in [2.05, 4.69) is 38.2 Å². The predicted molar refractivity (Wildman–Crippen MR) is 120 cm³/mol. The average molecular weight is 417 g/mol. The first-order valence-corrected chi connectivity index (χ1v) is 11.6. The van der Waals surface area contributed by atoms with Crippen LogP contribution in [-0.4, -0.2) is 27.1 Å². The van der Waals surface area contributed by atoms with E-state index in [4.69, 9.17) is 0 Å². The molecule has 158 valence electrons. The molecule has 0 aromatic heterocycles. The molecule has 1 N–H and O–H groups in total. The lowest BCUT2D eigenvalue weighted by molar-refractivity contribution is -0.120. The Kier molecular flexibility index (Phi) is 6.78. The van der Waals surface area contributed by atoms with Gasteiger partial charge in [0, 0.05) is 0 Å². The van der Waals surface area contributed by atoms with Crippen molar-refractivity contribution in [3.8, 4) is 0 Å². The highest BCUT2D eigenvalue weighted by molar-refractivity contribution is 7.92. The predicted octanol–water partition coefficient (Wildman–Crippen LogP) is 4.24. The van der Waals surface area contributed by atoms with Crippen molar-refractivity contribution in [3.05, 3.63) is 64.7 Å². The van der Waals surface area contributed by atoms with Crippen LogP contribution < -0.4 is 9.62 Å². The summed E-state index contributed by atoms with van der Waals surface area (Å²) in [5.74, 6) is -0.345. The van der Waals surface area contributed by atoms with E-state index in [0.717, 1.165) is 27.3 Å². The lowest BCUT2D eigenvalue weighted by Crippen LogP contribution is -2.41. The van der Waals surface area contributed by atoms with Gasteiger partial charge in [-0.25, -0.2) is 8.42 Å². The summed E-state index contributed by atoms with van der Waals surface area (Å²) in [5, 5.41) is 2.91. The average Bonchev–Trinajstić information content (AvgIpc) is 2.58. The van der Waals surface area contributed by atoms with E-state index < -0.39 is 10.0 Å². The summed E-state index contributed by atoms with van der Waals surface area (Å²) < 4.78 is 25.8. The van der Waals surface area contributed by atoms with Gasteiger partial charge >= 0.3 is 0 Å². The number of nitrogens with one attached hydrogen (secondary N) is 1. The van der Waals surface area contributed by atoms with Crippen LogP contribution in [0.15, 0.2) is 42.5 Å². The molecule has 0 aliphatic heterocycles. The third kappa shape index (κ3) is 6.07. The molecule has 0 aliphatic rings. The van der Waals surface area contributed by atoms with E-state index in [1.165, 1.54) is 5.56 Å². The maximum atomic E-state index is 12.6. The quantitative estimate of drug-likeness (QED) is 0.766. The summed E-state index contributed by atoms with van der Waals surface area (Å²) in [6.45, 7) is 11.9. The maximum absolute atomic E-state index is 12.6. The molecule has 0 saturated heterocycles. The van der Waals surface area contributed by atoms with Gasteiger partial charge in [0.15, 0.2) is 0 Å². The Balaban J connectivity index is 2.16. The molecule has 29 heavy (non-hydrogen) atoms. The van der Waals surface area contributed by atoms with Crippen molar-refractivity contribution >= 4 is 21.6 Å². The summed E-state index contributed by atoms with van der Waals surface area (Å²) in [5.41, 5.74) is 4.63. The highest BCUT2D eigenvalue weighted by Gasteiger charge is 2.23. The minimum atomic E-state index is -3.60. The monoisotopic (exact) mass is 416 g/mol. The Morgan fingerprint density at radius 2 is 1.66 bits per heavy atom. The molecule has 0 heterocycles. The van der Waals surface area contributed by atoms with Gasteiger partial charge in [0.2, 0.25) is 15.9 Å². The molecule has 0 spiro atoms. The largest absolute Gasteiger partial charge is 0.348 e. The minimum Gasteiger partial charge on any atom is -0.348 e. The zero-order valence-electron chi connectivity index (χ0n) is 18.4. The van der Waals surface area contributed by atoms with Crippen molar-refractivity contribution in [2.75, 3.05) is 17.1 Å². The number of hydrogen-bond donors (Lipinski definition) is 1. The van der Waals surface area contributed by atoms with Gasteiger partial charge in [0.05, 0.1) is 18.0 Å². The number of anilines is 1. The van der Waals surface area contributed by atoms with Crippen molar-refractivity contribution in [1.29, 1.82) is 0 Å². The van der Waals surface area contributed by atoms with E-state index in [0.29, 0.717) is 5.69 Å². The Hall–Kier alpha value is -2.34. The molecule has 0 fully saturated rings. The molecule has 0 saturated carbocycles. The summed E-state index contributed by atoms with van der Waals surface area (Å²) >= 11 is 0. The fourth-order valence-corrected chi connectivity index (χ4v) is 4.15. The molecule has 0 unspecified atom stereocenters. The van der Waals surface area contributed by atoms with Gasteiger partial charge in [0.1, 0.15) is 6.54 Å². The smallest absolute Gasteiger partial charge is 0.241 e. The van der Waals surface area contributed by atoms with Gasteiger partial charge in [-0.3, -0.25) is 9.10 Å². The summed E-state index contributed by atoms with van der Waals surface area (Å²) in [7, 11) is -3.60. The van der Waals surface area contributed by atoms with Crippen molar-refractivity contribution in [2.45, 2.75) is 53.0 Å². The topological polar surface area (TPSA) is 66.5 Å². The molecule has 2 aromatic carbocycles. The van der Waals surface area contributed by atoms with E-state index in [9.17, 15) is 13.2 Å². The zero-order valence-corrected chi connectivity index (χ0v) is 19.2. The van der Waals surface area contributed by atoms with Crippen molar-refractivity contribution in [3.63, 3.8) is 0 Å². The number of rotatable bonds is 6. The molecule has 5 nitrogen and oxygen atoms in total. The second-order valence-electron chi connectivity index (χ2n) is 8.72. The third-order valence-corrected chi connectivity index (χ3v) is 6.09. The number of sulfonamides is 1. The van der Waals surface area contributed by atoms with Crippen molar-refractivity contribution in [2.24, 2.45) is 0 Å². The number of nitrogens with zero attached hydrogens (tertiary/aromatic N) is 1. The standard InChI is InChI=1S/C23H32N2O3S/c1-16-8-13-21(17(2)14-16)25(29(7,27)28)15-22(26)24-18(3)19-9-11-20(12-10-19)23(4,5)6/h8-14,18H,15H2,1-7H3,(H,24,26)/t18-/m0/s1. The van der Waals surface area contributed by atoms with Gasteiger partial charge < -0.3 is 5.32 Å². The molecule has 0 aliphatic carbocycles. The molecule has 1 atom stereocenters. The fraction of sp³-hybridized carbons (Fsp3) is 0.435. The Labute approximate surface area is 175 Å². The Bertz CT molecular complexity index is 974. The second-order valence-corrected chi connectivity index (χ2v) is 10.6. The van der Waals surface area contributed by atoms with Gasteiger partial charge in [-0.1, -0.05) is 62.7 Å². The number of benzene rings is 2. The van der Waals surface area contributed by atoms with E-state index in [-0.39, 0.29) is 23.9 Å². The maximum Gasteiger partial charge on any atom is 0.241 e. The van der Waals surface area contributed by atoms with E-state index in [1.807, 2.05) is 45.0 Å². The molecule has 2 rings (SSSR count). The molecular weight excluding hydrogens is 384 g/mol. The number of carbonyl (C=O) groups is 1. The fourth-order valence-electron chi connectivity index (χ4n) is 3.24. The van der Waals surface area contributed by atoms with Crippen LogP contribution >= 0.6 is 0 Å². The van der Waals surface area contributed by atoms with Crippen LogP contribution in [0.5, 0.6) is 0 Å². The van der Waals surface area contributed by atoms with Crippen LogP contribution in [0, 0.1) is 13.8 Å². The summed E-state index contributed by atoms with van der Waals surface area (Å²) in [6, 6.07) is 13.4. The zero-order chi connectivity index (χ0) is 22.0. The molecule has 1 amide bonds. The van der Waals surface area contributed by atoms with Gasteiger partial charge in [-0.2, -0.15) is 0 Å². The summed E-state index contributed by atoms with van der Waals surface area (Å²) in [6.07, 6.45) is 1.12. The SMILES string of the molecule is Cc1ccc(N(CC(=O)N[C@@H](C)c2ccc(C(C)(C)C)cc2)S(C)(=O)=O)c(C)c1. The first-order valence-electron chi connectivity index (χ1n) is 9.74. The molecule has 2 aromatic rings. The molecular formula is C23H32N2O3S. The third-order valence-electron chi connectivity index (χ3n) is 4.96. The number of hydrogen-bond acceptors (Lipinski definition) is 3. The van der Waals surface area contributed by atoms with Crippen LogP contribution in [0.25, 0.3) is 0 Å². The van der Waals surface area contributed by atoms with Crippen LogP contribution in [0.3, 0.4) is 0 Å². The number of aryl methyl sites for hydroxylation is 2. The van der Waals surface area contributed by atoms with Gasteiger partial charge in [-0.15, -0.1) is 0 Å². The Morgan fingerprint density at radius 1 is 1.07 bits per heavy atom. The van der Waals surface area contributed by atoms with E-state index in [1.54, 1.807) is 6.07 Å². The lowest BCUT2D eigenvalue weighted by atomic mass is 9.86. The van der Waals surface area contributed by atoms with Crippen LogP contribution in [0.1, 0.15) is 56.0 Å². The van der Waals surface area contributed by atoms with Gasteiger partial charge in [0.25, 0.3) is 0 Å². The second kappa shape index (κ2) is 8.57. The number of amides is 1. The Morgan fingerprint density at radius 3 is 2.14 bits per heavy atom. The molecule has 0 radical (unpaired) electrons. The molecule has 0 bridgehead atoms. The lowest BCUT2D eigenvalue weighted by Gasteiger charge is -2.25. The highest BCUT2D eigenvalue weighted by atomic mass is 32.2. The summed E-state index contributed by atoms with van der Waals surface area (Å²) in [4.78, 5) is 12.6. The van der Waals surface area contributed by atoms with Crippen LogP contribution in [0.2, 0.25) is 0 Å². The van der Waals surface area contributed by atoms with Crippen molar-refractivity contribution in [1.82, 2.24) is 5.32 Å². The normalized spacial score (nSPS) is 13.1. The first-order chi connectivity index (χ1) is 13.3. The van der Waals surface area contributed by atoms with E-state index >= 15 is 0 Å². The van der Waals surface area contributed by atoms with Crippen LogP contribution in [-0.2, 0) is 20.2 Å². The number of carbonyl (C=O) groups excluding carboxylic acids is 1.